The molecular formula is C12H24N4O2. The van der Waals surface area contributed by atoms with E-state index in [0.717, 1.165) is 13.1 Å². The summed E-state index contributed by atoms with van der Waals surface area (Å²) in [7, 11) is 5.59. The lowest BCUT2D eigenvalue weighted by molar-refractivity contribution is -0.128. The quantitative estimate of drug-likeness (QED) is 0.498. The zero-order valence-electron chi connectivity index (χ0n) is 11.7. The average Bonchev–Trinajstić information content (AvgIpc) is 2.33. The highest BCUT2D eigenvalue weighted by molar-refractivity contribution is 5.83. The molecule has 0 aromatic rings. The van der Waals surface area contributed by atoms with E-state index in [1.165, 1.54) is 0 Å². The molecule has 0 radical (unpaired) electrons. The number of hydrogen-bond donors (Lipinski definition) is 2. The second-order valence-electron chi connectivity index (χ2n) is 4.96. The Bertz CT molecular complexity index is 308. The Kier molecular flexibility index (Phi) is 5.55. The van der Waals surface area contributed by atoms with Crippen LogP contribution in [-0.4, -0.2) is 74.5 Å². The van der Waals surface area contributed by atoms with Crippen LogP contribution in [0.5, 0.6) is 0 Å². The fourth-order valence-electron chi connectivity index (χ4n) is 2.10. The van der Waals surface area contributed by atoms with Crippen LogP contribution >= 0.6 is 0 Å². The third-order valence-electron chi connectivity index (χ3n) is 3.53. The first-order chi connectivity index (χ1) is 8.45. The lowest BCUT2D eigenvalue weighted by Crippen LogP contribution is -2.59. The summed E-state index contributed by atoms with van der Waals surface area (Å²) < 4.78 is 0. The van der Waals surface area contributed by atoms with Crippen LogP contribution in [0.25, 0.3) is 0 Å². The third-order valence-corrected chi connectivity index (χ3v) is 3.53. The molecule has 0 spiro atoms. The van der Waals surface area contributed by atoms with Gasteiger partial charge in [-0.05, 0) is 21.0 Å². The Labute approximate surface area is 109 Å². The second kappa shape index (κ2) is 6.70. The van der Waals surface area contributed by atoms with E-state index >= 15 is 0 Å². The highest BCUT2D eigenvalue weighted by atomic mass is 16.3. The Morgan fingerprint density at radius 2 is 1.89 bits per heavy atom. The van der Waals surface area contributed by atoms with Gasteiger partial charge in [-0.15, -0.1) is 0 Å². The molecule has 0 bridgehead atoms. The van der Waals surface area contributed by atoms with Crippen molar-refractivity contribution in [1.29, 1.82) is 0 Å². The van der Waals surface area contributed by atoms with Crippen molar-refractivity contribution in [2.24, 2.45) is 0 Å². The first-order valence-electron chi connectivity index (χ1n) is 6.34. The van der Waals surface area contributed by atoms with Crippen LogP contribution < -0.4 is 10.6 Å². The molecule has 6 nitrogen and oxygen atoms in total. The van der Waals surface area contributed by atoms with E-state index in [1.807, 2.05) is 14.1 Å². The van der Waals surface area contributed by atoms with Crippen molar-refractivity contribution < 1.29 is 9.59 Å². The van der Waals surface area contributed by atoms with Crippen molar-refractivity contribution in [2.45, 2.75) is 25.4 Å². The van der Waals surface area contributed by atoms with Crippen molar-refractivity contribution >= 4 is 11.8 Å². The van der Waals surface area contributed by atoms with Gasteiger partial charge in [0, 0.05) is 39.1 Å². The van der Waals surface area contributed by atoms with Gasteiger partial charge < -0.3 is 15.5 Å². The number of nitrogens with one attached hydrogen (secondary N) is 2. The zero-order valence-corrected chi connectivity index (χ0v) is 11.7. The maximum atomic E-state index is 12.0. The Morgan fingerprint density at radius 3 is 2.50 bits per heavy atom. The molecule has 0 aromatic heterocycles. The van der Waals surface area contributed by atoms with Crippen LogP contribution in [0.4, 0.5) is 0 Å². The van der Waals surface area contributed by atoms with E-state index in [9.17, 15) is 9.59 Å². The minimum Gasteiger partial charge on any atom is -0.359 e. The number of likely N-dealkylation sites (N-methyl/N-ethyl adjacent to an activating group) is 2. The Balaban J connectivity index is 2.39. The average molecular weight is 263 g/mol. The van der Waals surface area contributed by atoms with Gasteiger partial charge >= 0.3 is 0 Å². The standard InChI is InChI=1S/C12H24N4O2/c1-9-7-16(4)10(8-15(9)3)12(18)14-6-5-11(17)13-2/h9-10H,5-8H2,1-4H3,(H,13,17)(H,14,18)/i2+1,3+1,4+1,5+1,11+1,13+1,14+1. The molecule has 6 heteroatoms. The van der Waals surface area contributed by atoms with Crippen LogP contribution in [0, 0.1) is 0 Å². The summed E-state index contributed by atoms with van der Waals surface area (Å²) in [5.74, 6) is -0.0572. The molecule has 0 aliphatic carbocycles. The molecule has 0 saturated carbocycles. The van der Waals surface area contributed by atoms with Crippen molar-refractivity contribution in [3.05, 3.63) is 0 Å². The highest BCUT2D eigenvalue weighted by Crippen LogP contribution is 2.11. The number of amides is 2. The molecule has 0 aromatic carbocycles. The van der Waals surface area contributed by atoms with Crippen LogP contribution in [-0.2, 0) is 9.59 Å². The predicted octanol–water partition coefficient (Wildman–Crippen LogP) is -1.13. The van der Waals surface area contributed by atoms with Crippen LogP contribution in [0.15, 0.2) is 0 Å². The largest absolute Gasteiger partial charge is 0.359 e. The van der Waals surface area contributed by atoms with E-state index in [1.54, 1.807) is 7.05 Å². The van der Waals surface area contributed by atoms with E-state index in [2.05, 4.69) is 27.4 Å². The summed E-state index contributed by atoms with van der Waals surface area (Å²) in [6, 6.07) is 0.334. The van der Waals surface area contributed by atoms with E-state index < -0.39 is 0 Å². The molecule has 1 aliphatic rings. The predicted molar refractivity (Wildman–Crippen MR) is 70.2 cm³/mol. The van der Waals surface area contributed by atoms with Gasteiger partial charge in [-0.25, -0.2) is 0 Å². The van der Waals surface area contributed by atoms with Gasteiger partial charge in [-0.1, -0.05) is 0 Å². The molecule has 1 aliphatic heterocycles. The number of rotatable bonds is 4. The van der Waals surface area contributed by atoms with Gasteiger partial charge in [-0.2, -0.15) is 0 Å². The highest BCUT2D eigenvalue weighted by Gasteiger charge is 2.31. The van der Waals surface area contributed by atoms with E-state index in [-0.39, 0.29) is 17.9 Å². The van der Waals surface area contributed by atoms with Gasteiger partial charge in [0.05, 0.1) is 0 Å². The van der Waals surface area contributed by atoms with Crippen molar-refractivity contribution in [3.8, 4) is 0 Å². The first-order valence-corrected chi connectivity index (χ1v) is 6.34. The van der Waals surface area contributed by atoms with Crippen molar-refractivity contribution in [2.75, 3.05) is 40.8 Å². The van der Waals surface area contributed by atoms with Gasteiger partial charge in [-0.3, -0.25) is 14.5 Å². The lowest BCUT2D eigenvalue weighted by atomic mass is 10.1. The minimum atomic E-state index is -0.129. The fourth-order valence-corrected chi connectivity index (χ4v) is 2.10. The maximum Gasteiger partial charge on any atom is 0.238 e. The van der Waals surface area contributed by atoms with E-state index in [0.29, 0.717) is 19.0 Å². The summed E-state index contributed by atoms with van der Waals surface area (Å²) in [6.07, 6.45) is 0.324. The number of piperazine rings is 1. The number of carbonyl (C=O) groups excluding carboxylic acids is 2. The fraction of sp³-hybridized carbons (Fsp3) is 0.833. The van der Waals surface area contributed by atoms with Crippen molar-refractivity contribution in [1.82, 2.24) is 20.4 Å². The molecule has 104 valence electrons. The summed E-state index contributed by atoms with van der Waals surface area (Å²) in [5, 5.41) is 5.35. The molecule has 18 heavy (non-hydrogen) atoms. The van der Waals surface area contributed by atoms with Crippen molar-refractivity contribution in [3.63, 3.8) is 0 Å². The molecule has 2 N–H and O–H groups in total. The number of hydrogen-bond acceptors (Lipinski definition) is 4. The second-order valence-corrected chi connectivity index (χ2v) is 4.96. The third kappa shape index (κ3) is 3.96. The normalized spacial score (nSPS) is 25.8. The van der Waals surface area contributed by atoms with Gasteiger partial charge in [0.25, 0.3) is 0 Å². The van der Waals surface area contributed by atoms with Crippen LogP contribution in [0.3, 0.4) is 0 Å². The molecule has 1 saturated heterocycles. The number of nitrogens with zero attached hydrogens (tertiary/aromatic N) is 2. The Hall–Kier alpha value is -1.14. The van der Waals surface area contributed by atoms with Crippen LogP contribution in [0.1, 0.15) is 13.3 Å². The lowest BCUT2D eigenvalue weighted by Gasteiger charge is -2.41. The smallest absolute Gasteiger partial charge is 0.238 e. The summed E-state index contributed by atoms with van der Waals surface area (Å²) >= 11 is 0. The molecule has 1 heterocycles. The van der Waals surface area contributed by atoms with E-state index in [4.69, 9.17) is 0 Å². The monoisotopic (exact) mass is 263 g/mol. The molecule has 1 rings (SSSR count). The zero-order chi connectivity index (χ0) is 13.7. The minimum absolute atomic E-state index is 0.000142. The van der Waals surface area contributed by atoms with Crippen LogP contribution in [0.2, 0.25) is 0 Å². The summed E-state index contributed by atoms with van der Waals surface area (Å²) in [6.45, 7) is 4.14. The maximum absolute atomic E-state index is 12.0. The Morgan fingerprint density at radius 1 is 1.22 bits per heavy atom. The van der Waals surface area contributed by atoms with Gasteiger partial charge in [0.2, 0.25) is 11.8 Å². The summed E-state index contributed by atoms with van der Waals surface area (Å²) in [4.78, 5) is 27.3. The first kappa shape index (κ1) is 14.9. The number of carbonyl (C=O) groups is 2. The van der Waals surface area contributed by atoms with Gasteiger partial charge in [0.15, 0.2) is 0 Å². The molecule has 2 atom stereocenters. The summed E-state index contributed by atoms with van der Waals surface area (Å²) in [5.41, 5.74) is 0. The SMILES string of the molecule is CC1CN([13CH3])C(C(=O)[15NH]C[13CH2][13C](=O)[15NH][13CH3])CN1[13CH3]. The molecule has 2 amide bonds. The topological polar surface area (TPSA) is 64.7 Å². The van der Waals surface area contributed by atoms with Gasteiger partial charge in [0.1, 0.15) is 6.04 Å². The molecule has 2 unspecified atom stereocenters. The molecule has 1 fully saturated rings. The molecular weight excluding hydrogens is 239 g/mol.